The van der Waals surface area contributed by atoms with E-state index >= 15 is 0 Å². The van der Waals surface area contributed by atoms with Crippen molar-refractivity contribution < 1.29 is 23.1 Å². The van der Waals surface area contributed by atoms with Crippen molar-refractivity contribution in [3.05, 3.63) is 94.5 Å². The van der Waals surface area contributed by atoms with Gasteiger partial charge in [0.25, 0.3) is 0 Å². The summed E-state index contributed by atoms with van der Waals surface area (Å²) in [6.45, 7) is 3.63. The Morgan fingerprint density at radius 1 is 1.09 bits per heavy atom. The zero-order chi connectivity index (χ0) is 22.4. The van der Waals surface area contributed by atoms with E-state index in [2.05, 4.69) is 6.07 Å². The second-order valence-electron chi connectivity index (χ2n) is 7.51. The van der Waals surface area contributed by atoms with E-state index in [1.807, 2.05) is 38.1 Å². The van der Waals surface area contributed by atoms with E-state index in [0.717, 1.165) is 11.1 Å². The third-order valence-electron chi connectivity index (χ3n) is 5.48. The highest BCUT2D eigenvalue weighted by Gasteiger charge is 2.33. The molecular weight excluding hydrogens is 408 g/mol. The van der Waals surface area contributed by atoms with Gasteiger partial charge in [0.05, 0.1) is 5.92 Å². The van der Waals surface area contributed by atoms with Gasteiger partial charge in [-0.3, -0.25) is 0 Å². The molecule has 0 saturated carbocycles. The lowest BCUT2D eigenvalue weighted by molar-refractivity contribution is 0.0702. The van der Waals surface area contributed by atoms with E-state index in [9.17, 15) is 10.1 Å². The van der Waals surface area contributed by atoms with Gasteiger partial charge >= 0.3 is 5.97 Å². The second kappa shape index (κ2) is 7.36. The zero-order valence-corrected chi connectivity index (χ0v) is 17.3. The average Bonchev–Trinajstić information content (AvgIpc) is 3.36. The molecule has 1 aliphatic heterocycles. The van der Waals surface area contributed by atoms with Crippen LogP contribution in [0.25, 0.3) is 11.0 Å². The molecule has 0 bridgehead atoms. The molecular formula is C25H18N2O5. The predicted molar refractivity (Wildman–Crippen MR) is 115 cm³/mol. The van der Waals surface area contributed by atoms with E-state index in [4.69, 9.17) is 24.0 Å². The van der Waals surface area contributed by atoms with Gasteiger partial charge in [0.15, 0.2) is 0 Å². The lowest BCUT2D eigenvalue weighted by atomic mass is 9.87. The van der Waals surface area contributed by atoms with Crippen molar-refractivity contribution >= 4 is 16.9 Å². The van der Waals surface area contributed by atoms with E-state index in [1.54, 1.807) is 30.3 Å². The Bertz CT molecular complexity index is 1450. The Morgan fingerprint density at radius 2 is 1.91 bits per heavy atom. The third-order valence-corrected chi connectivity index (χ3v) is 5.48. The summed E-state index contributed by atoms with van der Waals surface area (Å²) in [6.07, 6.45) is 0. The maximum Gasteiger partial charge on any atom is 0.379 e. The summed E-state index contributed by atoms with van der Waals surface area (Å²) in [6, 6.07) is 18.1. The van der Waals surface area contributed by atoms with Gasteiger partial charge in [-0.15, -0.1) is 0 Å². The molecule has 2 aromatic carbocycles. The first-order chi connectivity index (χ1) is 15.5. The first-order valence-electron chi connectivity index (χ1n) is 9.94. The number of nitrogens with two attached hydrogens (primary N) is 1. The molecule has 1 atom stereocenters. The third kappa shape index (κ3) is 3.10. The van der Waals surface area contributed by atoms with Crippen molar-refractivity contribution in [1.82, 2.24) is 0 Å². The van der Waals surface area contributed by atoms with Crippen LogP contribution in [0.3, 0.4) is 0 Å². The van der Waals surface area contributed by atoms with Gasteiger partial charge in [-0.05, 0) is 38.1 Å². The molecule has 5 rings (SSSR count). The summed E-state index contributed by atoms with van der Waals surface area (Å²) in [5.41, 5.74) is 8.28. The quantitative estimate of drug-likeness (QED) is 0.359. The van der Waals surface area contributed by atoms with Gasteiger partial charge in [0, 0.05) is 22.6 Å². The number of carbonyl (C=O) groups is 1. The highest BCUT2D eigenvalue weighted by atomic mass is 16.5. The summed E-state index contributed by atoms with van der Waals surface area (Å²) in [7, 11) is 0. The lowest BCUT2D eigenvalue weighted by Crippen LogP contribution is -2.21. The van der Waals surface area contributed by atoms with Crippen LogP contribution in [-0.4, -0.2) is 5.97 Å². The molecule has 2 aromatic heterocycles. The monoisotopic (exact) mass is 426 g/mol. The molecule has 158 valence electrons. The number of aryl methyl sites for hydroxylation is 2. The van der Waals surface area contributed by atoms with E-state index in [1.165, 1.54) is 0 Å². The average molecular weight is 426 g/mol. The smallest absolute Gasteiger partial charge is 0.379 e. The van der Waals surface area contributed by atoms with Crippen LogP contribution in [0.15, 0.2) is 74.9 Å². The molecule has 1 unspecified atom stereocenters. The number of para-hydroxylation sites is 1. The van der Waals surface area contributed by atoms with Gasteiger partial charge in [-0.1, -0.05) is 24.3 Å². The van der Waals surface area contributed by atoms with E-state index in [-0.39, 0.29) is 23.0 Å². The number of nitriles is 1. The first kappa shape index (κ1) is 19.5. The summed E-state index contributed by atoms with van der Waals surface area (Å²) < 4.78 is 22.7. The molecule has 2 N–H and O–H groups in total. The number of esters is 1. The molecule has 0 spiro atoms. The molecule has 0 fully saturated rings. The summed E-state index contributed by atoms with van der Waals surface area (Å²) in [4.78, 5) is 12.8. The number of benzene rings is 2. The fourth-order valence-electron chi connectivity index (χ4n) is 3.92. The minimum atomic E-state index is -0.617. The Labute approximate surface area is 183 Å². The molecule has 0 aliphatic carbocycles. The fraction of sp³-hybridized carbons (Fsp3) is 0.120. The highest BCUT2D eigenvalue weighted by Crippen LogP contribution is 2.44. The number of allylic oxidation sites excluding steroid dienone is 1. The van der Waals surface area contributed by atoms with Gasteiger partial charge in [0.1, 0.15) is 40.2 Å². The van der Waals surface area contributed by atoms with Crippen molar-refractivity contribution in [2.24, 2.45) is 5.73 Å². The number of fused-ring (bicyclic) bond motifs is 2. The van der Waals surface area contributed by atoms with Crippen LogP contribution < -0.4 is 15.2 Å². The Hall–Kier alpha value is -4.44. The molecule has 32 heavy (non-hydrogen) atoms. The van der Waals surface area contributed by atoms with Crippen molar-refractivity contribution in [2.45, 2.75) is 19.8 Å². The SMILES string of the molecule is Cc1ccc(C2C(C#N)=C(N)Oc3cc(OC(=O)c4oc5ccccc5c4C)ccc32)o1. The zero-order valence-electron chi connectivity index (χ0n) is 17.3. The molecule has 4 aromatic rings. The highest BCUT2D eigenvalue weighted by molar-refractivity contribution is 5.96. The number of hydrogen-bond donors (Lipinski definition) is 1. The fourth-order valence-corrected chi connectivity index (χ4v) is 3.92. The number of rotatable bonds is 3. The molecule has 1 aliphatic rings. The maximum absolute atomic E-state index is 12.8. The minimum Gasteiger partial charge on any atom is -0.465 e. The number of carbonyl (C=O) groups excluding carboxylic acids is 1. The van der Waals surface area contributed by atoms with Crippen molar-refractivity contribution in [2.75, 3.05) is 0 Å². The maximum atomic E-state index is 12.8. The van der Waals surface area contributed by atoms with Crippen LogP contribution >= 0.6 is 0 Å². The molecule has 7 heteroatoms. The Kier molecular flexibility index (Phi) is 4.49. The van der Waals surface area contributed by atoms with E-state index in [0.29, 0.717) is 28.2 Å². The van der Waals surface area contributed by atoms with Crippen LogP contribution in [0.5, 0.6) is 11.5 Å². The normalized spacial score (nSPS) is 15.2. The van der Waals surface area contributed by atoms with Crippen molar-refractivity contribution in [1.29, 1.82) is 5.26 Å². The van der Waals surface area contributed by atoms with Crippen LogP contribution in [0, 0.1) is 25.2 Å². The number of furan rings is 2. The molecule has 0 amide bonds. The van der Waals surface area contributed by atoms with Crippen molar-refractivity contribution in [3.63, 3.8) is 0 Å². The number of nitrogens with zero attached hydrogens (tertiary/aromatic N) is 1. The lowest BCUT2D eigenvalue weighted by Gasteiger charge is -2.25. The van der Waals surface area contributed by atoms with Gasteiger partial charge in [-0.25, -0.2) is 4.79 Å². The van der Waals surface area contributed by atoms with Crippen molar-refractivity contribution in [3.8, 4) is 17.6 Å². The van der Waals surface area contributed by atoms with Gasteiger partial charge in [0.2, 0.25) is 11.6 Å². The molecule has 3 heterocycles. The molecule has 0 radical (unpaired) electrons. The summed E-state index contributed by atoms with van der Waals surface area (Å²) in [5.74, 6) is 0.928. The Morgan fingerprint density at radius 3 is 2.62 bits per heavy atom. The largest absolute Gasteiger partial charge is 0.465 e. The molecule has 7 nitrogen and oxygen atoms in total. The Balaban J connectivity index is 1.49. The number of hydrogen-bond acceptors (Lipinski definition) is 7. The summed E-state index contributed by atoms with van der Waals surface area (Å²) in [5, 5.41) is 10.5. The molecule has 0 saturated heterocycles. The van der Waals surface area contributed by atoms with E-state index < -0.39 is 11.9 Å². The first-order valence-corrected chi connectivity index (χ1v) is 9.94. The number of ether oxygens (including phenoxy) is 2. The topological polar surface area (TPSA) is 112 Å². The van der Waals surface area contributed by atoms with Crippen LogP contribution in [0.4, 0.5) is 0 Å². The summed E-state index contributed by atoms with van der Waals surface area (Å²) >= 11 is 0. The van der Waals surface area contributed by atoms with Crippen LogP contribution in [0.1, 0.15) is 39.1 Å². The standard InChI is InChI=1S/C25H18N2O5/c1-13-7-10-20(29-13)22-17-9-8-15(11-21(17)32-24(27)18(22)12-26)30-25(28)23-14(2)16-5-3-4-6-19(16)31-23/h3-11,22H,27H2,1-2H3. The van der Waals surface area contributed by atoms with Gasteiger partial charge < -0.3 is 24.0 Å². The second-order valence-corrected chi connectivity index (χ2v) is 7.51. The van der Waals surface area contributed by atoms with Gasteiger partial charge in [-0.2, -0.15) is 5.26 Å². The minimum absolute atomic E-state index is 0.0179. The predicted octanol–water partition coefficient (Wildman–Crippen LogP) is 5.08. The van der Waals surface area contributed by atoms with Crippen LogP contribution in [0.2, 0.25) is 0 Å². The van der Waals surface area contributed by atoms with Crippen LogP contribution in [-0.2, 0) is 0 Å².